The Morgan fingerprint density at radius 1 is 1.33 bits per heavy atom. The monoisotopic (exact) mass is 360 g/mol. The minimum absolute atomic E-state index is 0.190. The predicted molar refractivity (Wildman–Crippen MR) is 75.4 cm³/mol. The molecule has 0 atom stereocenters. The minimum Gasteiger partial charge on any atom is -0.371 e. The Kier molecular flexibility index (Phi) is 3.05. The lowest BCUT2D eigenvalue weighted by Crippen LogP contribution is -2.36. The van der Waals surface area contributed by atoms with Crippen LogP contribution in [0.2, 0.25) is 0 Å². The zero-order valence-corrected chi connectivity index (χ0v) is 13.1. The predicted octanol–water partition coefficient (Wildman–Crippen LogP) is 4.08. The Morgan fingerprint density at radius 3 is 2.62 bits per heavy atom. The summed E-state index contributed by atoms with van der Waals surface area (Å²) in [6.45, 7) is 5.34. The first-order valence-electron chi connectivity index (χ1n) is 6.25. The van der Waals surface area contributed by atoms with Gasteiger partial charge in [-0.25, -0.2) is 13.2 Å². The number of aromatic nitrogens is 3. The molecule has 1 aliphatic heterocycles. The number of nitrogens with zero attached hydrogens (tertiary/aromatic N) is 3. The van der Waals surface area contributed by atoms with E-state index < -0.39 is 23.3 Å². The van der Waals surface area contributed by atoms with Gasteiger partial charge < -0.3 is 5.32 Å². The van der Waals surface area contributed by atoms with Gasteiger partial charge in [-0.1, -0.05) is 0 Å². The molecule has 1 N–H and O–H groups in total. The summed E-state index contributed by atoms with van der Waals surface area (Å²) < 4.78 is 42.1. The molecule has 0 fully saturated rings. The summed E-state index contributed by atoms with van der Waals surface area (Å²) in [5.74, 6) is 0.246. The van der Waals surface area contributed by atoms with Crippen molar-refractivity contribution in [1.82, 2.24) is 14.8 Å². The molecule has 1 aromatic heterocycles. The molecule has 0 saturated carbocycles. The molecule has 112 valence electrons. The molecule has 0 radical (unpaired) electrons. The van der Waals surface area contributed by atoms with E-state index in [0.29, 0.717) is 17.3 Å². The minimum atomic E-state index is -2.83. The highest BCUT2D eigenvalue weighted by Gasteiger charge is 2.38. The van der Waals surface area contributed by atoms with Crippen molar-refractivity contribution in [1.29, 1.82) is 0 Å². The highest BCUT2D eigenvalue weighted by atomic mass is 79.9. The number of halogens is 4. The van der Waals surface area contributed by atoms with Gasteiger partial charge in [-0.15, -0.1) is 10.2 Å². The van der Waals surface area contributed by atoms with Crippen LogP contribution in [0, 0.1) is 12.7 Å². The molecule has 8 heteroatoms. The zero-order valence-electron chi connectivity index (χ0n) is 11.5. The van der Waals surface area contributed by atoms with Crippen molar-refractivity contribution in [3.8, 4) is 5.69 Å². The summed E-state index contributed by atoms with van der Waals surface area (Å²) in [7, 11) is 0. The molecule has 4 nitrogen and oxygen atoms in total. The fourth-order valence-corrected chi connectivity index (χ4v) is 3.07. The third-order valence-corrected chi connectivity index (χ3v) is 4.31. The van der Waals surface area contributed by atoms with Crippen molar-refractivity contribution in [2.24, 2.45) is 0 Å². The lowest BCUT2D eigenvalue weighted by molar-refractivity contribution is 0.149. The second-order valence-corrected chi connectivity index (χ2v) is 6.23. The maximum atomic E-state index is 13.9. The third kappa shape index (κ3) is 1.96. The topological polar surface area (TPSA) is 42.7 Å². The number of rotatable bonds is 1. The van der Waals surface area contributed by atoms with Gasteiger partial charge in [0.05, 0.1) is 26.9 Å². The van der Waals surface area contributed by atoms with E-state index in [9.17, 15) is 13.2 Å². The molecule has 1 aliphatic rings. The van der Waals surface area contributed by atoms with Crippen LogP contribution in [-0.2, 0) is 5.54 Å². The van der Waals surface area contributed by atoms with Gasteiger partial charge in [0, 0.05) is 6.07 Å². The van der Waals surface area contributed by atoms with Crippen molar-refractivity contribution < 1.29 is 13.2 Å². The van der Waals surface area contributed by atoms with E-state index in [1.54, 1.807) is 11.5 Å². The number of nitrogens with one attached hydrogen (secondary N) is 1. The summed E-state index contributed by atoms with van der Waals surface area (Å²) >= 11 is 2.92. The van der Waals surface area contributed by atoms with Crippen LogP contribution in [0.1, 0.15) is 37.5 Å². The van der Waals surface area contributed by atoms with Crippen molar-refractivity contribution in [3.05, 3.63) is 33.6 Å². The average Bonchev–Trinajstić information content (AvgIpc) is 2.74. The lowest BCUT2D eigenvalue weighted by Gasteiger charge is -2.35. The molecule has 3 rings (SSSR count). The lowest BCUT2D eigenvalue weighted by atomic mass is 9.98. The largest absolute Gasteiger partial charge is 0.371 e. The van der Waals surface area contributed by atoms with Gasteiger partial charge in [0.2, 0.25) is 0 Å². The summed E-state index contributed by atoms with van der Waals surface area (Å²) in [6.07, 6.45) is -2.83. The van der Waals surface area contributed by atoms with E-state index in [1.807, 2.05) is 13.8 Å². The third-order valence-electron chi connectivity index (χ3n) is 3.50. The van der Waals surface area contributed by atoms with E-state index in [-0.39, 0.29) is 10.2 Å². The number of hydrogen-bond donors (Lipinski definition) is 1. The SMILES string of the molecule is Cc1nnc2n1-c1c(cc(F)c(Br)c1C(F)F)NC2(C)C. The first-order chi connectivity index (χ1) is 9.74. The van der Waals surface area contributed by atoms with Crippen molar-refractivity contribution in [3.63, 3.8) is 0 Å². The van der Waals surface area contributed by atoms with Gasteiger partial charge in [-0.05, 0) is 36.7 Å². The molecular weight excluding hydrogens is 349 g/mol. The number of alkyl halides is 2. The van der Waals surface area contributed by atoms with Crippen LogP contribution >= 0.6 is 15.9 Å². The van der Waals surface area contributed by atoms with Crippen molar-refractivity contribution in [2.45, 2.75) is 32.7 Å². The van der Waals surface area contributed by atoms with Gasteiger partial charge in [0.1, 0.15) is 11.6 Å². The molecule has 0 aliphatic carbocycles. The van der Waals surface area contributed by atoms with Crippen LogP contribution in [0.25, 0.3) is 5.69 Å². The van der Waals surface area contributed by atoms with E-state index in [1.165, 1.54) is 6.07 Å². The molecule has 2 aromatic rings. The second-order valence-electron chi connectivity index (χ2n) is 5.44. The summed E-state index contributed by atoms with van der Waals surface area (Å²) in [4.78, 5) is 0. The summed E-state index contributed by atoms with van der Waals surface area (Å²) in [5, 5.41) is 11.1. The quantitative estimate of drug-likeness (QED) is 0.833. The van der Waals surface area contributed by atoms with Gasteiger partial charge in [-0.2, -0.15) is 0 Å². The summed E-state index contributed by atoms with van der Waals surface area (Å²) in [6, 6.07) is 1.20. The molecule has 21 heavy (non-hydrogen) atoms. The Hall–Kier alpha value is -1.57. The first-order valence-corrected chi connectivity index (χ1v) is 7.04. The number of fused-ring (bicyclic) bond motifs is 3. The van der Waals surface area contributed by atoms with Gasteiger partial charge in [0.15, 0.2) is 5.82 Å². The van der Waals surface area contributed by atoms with Gasteiger partial charge >= 0.3 is 0 Å². The normalized spacial score (nSPS) is 15.6. The van der Waals surface area contributed by atoms with E-state index in [2.05, 4.69) is 31.4 Å². The van der Waals surface area contributed by atoms with Gasteiger partial charge in [-0.3, -0.25) is 4.57 Å². The molecule has 0 unspecified atom stereocenters. The number of aryl methyl sites for hydroxylation is 1. The Bertz CT molecular complexity index is 740. The zero-order chi connectivity index (χ0) is 15.5. The van der Waals surface area contributed by atoms with Crippen LogP contribution in [0.15, 0.2) is 10.5 Å². The molecular formula is C13H12BrF3N4. The first kappa shape index (κ1) is 14.4. The smallest absolute Gasteiger partial charge is 0.267 e. The number of benzene rings is 1. The molecule has 0 saturated heterocycles. The van der Waals surface area contributed by atoms with Crippen LogP contribution in [0.4, 0.5) is 18.9 Å². The Labute approximate surface area is 127 Å². The molecule has 0 bridgehead atoms. The second kappa shape index (κ2) is 4.46. The van der Waals surface area contributed by atoms with Crippen LogP contribution in [0.3, 0.4) is 0 Å². The van der Waals surface area contributed by atoms with Crippen LogP contribution < -0.4 is 5.32 Å². The molecule has 0 spiro atoms. The van der Waals surface area contributed by atoms with Crippen molar-refractivity contribution >= 4 is 21.6 Å². The molecule has 2 heterocycles. The molecule has 1 aromatic carbocycles. The Morgan fingerprint density at radius 2 is 2.00 bits per heavy atom. The van der Waals surface area contributed by atoms with E-state index in [0.717, 1.165) is 0 Å². The van der Waals surface area contributed by atoms with Gasteiger partial charge in [0.25, 0.3) is 6.43 Å². The van der Waals surface area contributed by atoms with Crippen LogP contribution in [0.5, 0.6) is 0 Å². The van der Waals surface area contributed by atoms with E-state index in [4.69, 9.17) is 0 Å². The average molecular weight is 361 g/mol. The Balaban J connectivity index is 2.44. The van der Waals surface area contributed by atoms with Crippen LogP contribution in [-0.4, -0.2) is 14.8 Å². The number of hydrogen-bond acceptors (Lipinski definition) is 3. The van der Waals surface area contributed by atoms with E-state index >= 15 is 0 Å². The maximum absolute atomic E-state index is 13.9. The highest BCUT2D eigenvalue weighted by molar-refractivity contribution is 9.10. The standard InChI is InChI=1S/C13H12BrF3N4/c1-5-19-20-12-13(2,3)18-7-4-6(15)9(14)8(11(16)17)10(7)21(5)12/h4,11,18H,1-3H3. The fourth-order valence-electron chi connectivity index (χ4n) is 2.60. The maximum Gasteiger partial charge on any atom is 0.267 e. The van der Waals surface area contributed by atoms with Crippen molar-refractivity contribution in [2.75, 3.05) is 5.32 Å². The number of anilines is 1. The summed E-state index contributed by atoms with van der Waals surface area (Å²) in [5.41, 5.74) is -0.563. The molecule has 0 amide bonds. The fraction of sp³-hybridized carbons (Fsp3) is 0.385. The highest BCUT2D eigenvalue weighted by Crippen LogP contribution is 2.44.